The topological polar surface area (TPSA) is 42.0 Å². The fraction of sp³-hybridized carbons (Fsp3) is 0.720. The molecular formula is C25H38N2O3. The summed E-state index contributed by atoms with van der Waals surface area (Å²) < 4.78 is 11.9. The number of hydrogen-bond donors (Lipinski definition) is 0. The van der Waals surface area contributed by atoms with Gasteiger partial charge >= 0.3 is 0 Å². The number of nitrogens with zero attached hydrogens (tertiary/aromatic N) is 2. The average Bonchev–Trinajstić information content (AvgIpc) is 2.76. The first kappa shape index (κ1) is 21.6. The molecule has 5 heteroatoms. The molecule has 3 aliphatic rings. The van der Waals surface area contributed by atoms with Crippen LogP contribution >= 0.6 is 0 Å². The SMILES string of the molecule is CC(C)Oc1ccc(CN2CCC(C(=O)N3CCC4(CCCCO4)CC3)CC2)cc1. The molecule has 3 saturated heterocycles. The van der Waals surface area contributed by atoms with Crippen LogP contribution in [-0.2, 0) is 16.1 Å². The van der Waals surface area contributed by atoms with Crippen LogP contribution in [0.25, 0.3) is 0 Å². The second-order valence-corrected chi connectivity index (χ2v) is 9.67. The largest absolute Gasteiger partial charge is 0.491 e. The zero-order chi connectivity index (χ0) is 21.0. The quantitative estimate of drug-likeness (QED) is 0.722. The average molecular weight is 415 g/mol. The lowest BCUT2D eigenvalue weighted by molar-refractivity contribution is -0.147. The second-order valence-electron chi connectivity index (χ2n) is 9.67. The summed E-state index contributed by atoms with van der Waals surface area (Å²) in [6.07, 6.45) is 7.85. The fourth-order valence-electron chi connectivity index (χ4n) is 5.24. The molecule has 166 valence electrons. The minimum Gasteiger partial charge on any atom is -0.491 e. The van der Waals surface area contributed by atoms with Gasteiger partial charge in [-0.1, -0.05) is 12.1 Å². The Hall–Kier alpha value is -1.59. The predicted molar refractivity (Wildman–Crippen MR) is 119 cm³/mol. The number of hydrogen-bond acceptors (Lipinski definition) is 4. The van der Waals surface area contributed by atoms with Crippen molar-refractivity contribution < 1.29 is 14.3 Å². The molecule has 0 saturated carbocycles. The summed E-state index contributed by atoms with van der Waals surface area (Å²) in [4.78, 5) is 17.7. The lowest BCUT2D eigenvalue weighted by atomic mass is 9.84. The van der Waals surface area contributed by atoms with Crippen molar-refractivity contribution in [2.45, 2.75) is 77.0 Å². The van der Waals surface area contributed by atoms with Crippen LogP contribution in [0.2, 0.25) is 0 Å². The highest BCUT2D eigenvalue weighted by Gasteiger charge is 2.39. The van der Waals surface area contributed by atoms with Crippen molar-refractivity contribution in [2.75, 3.05) is 32.8 Å². The van der Waals surface area contributed by atoms with Crippen molar-refractivity contribution >= 4 is 5.91 Å². The number of benzene rings is 1. The molecule has 4 rings (SSSR count). The highest BCUT2D eigenvalue weighted by Crippen LogP contribution is 2.35. The van der Waals surface area contributed by atoms with Crippen LogP contribution in [-0.4, -0.2) is 60.2 Å². The van der Waals surface area contributed by atoms with E-state index in [1.807, 2.05) is 13.8 Å². The van der Waals surface area contributed by atoms with E-state index >= 15 is 0 Å². The molecule has 0 aromatic heterocycles. The normalized spacial score (nSPS) is 23.1. The molecule has 1 aromatic carbocycles. The van der Waals surface area contributed by atoms with Crippen LogP contribution in [0.5, 0.6) is 5.75 Å². The Balaban J connectivity index is 1.21. The summed E-state index contributed by atoms with van der Waals surface area (Å²) >= 11 is 0. The molecule has 0 unspecified atom stereocenters. The molecule has 3 fully saturated rings. The van der Waals surface area contributed by atoms with Crippen LogP contribution in [0.3, 0.4) is 0 Å². The van der Waals surface area contributed by atoms with Crippen molar-refractivity contribution in [2.24, 2.45) is 5.92 Å². The Morgan fingerprint density at radius 2 is 1.77 bits per heavy atom. The third kappa shape index (κ3) is 5.36. The minimum absolute atomic E-state index is 0.0775. The maximum Gasteiger partial charge on any atom is 0.225 e. The summed E-state index contributed by atoms with van der Waals surface area (Å²) in [7, 11) is 0. The van der Waals surface area contributed by atoms with Crippen molar-refractivity contribution in [1.82, 2.24) is 9.80 Å². The van der Waals surface area contributed by atoms with Gasteiger partial charge in [-0.05, 0) is 89.6 Å². The van der Waals surface area contributed by atoms with Crippen LogP contribution in [0.4, 0.5) is 0 Å². The van der Waals surface area contributed by atoms with Gasteiger partial charge in [-0.2, -0.15) is 0 Å². The van der Waals surface area contributed by atoms with Crippen molar-refractivity contribution in [3.63, 3.8) is 0 Å². The van der Waals surface area contributed by atoms with Gasteiger partial charge in [0.2, 0.25) is 5.91 Å². The summed E-state index contributed by atoms with van der Waals surface area (Å²) in [5.74, 6) is 1.51. The lowest BCUT2D eigenvalue weighted by Crippen LogP contribution is -2.51. The molecule has 1 aromatic rings. The summed E-state index contributed by atoms with van der Waals surface area (Å²) in [5.41, 5.74) is 1.39. The lowest BCUT2D eigenvalue weighted by Gasteiger charge is -2.45. The van der Waals surface area contributed by atoms with Gasteiger partial charge in [0, 0.05) is 32.2 Å². The third-order valence-electron chi connectivity index (χ3n) is 7.06. The van der Waals surface area contributed by atoms with Gasteiger partial charge in [-0.15, -0.1) is 0 Å². The number of piperidine rings is 2. The van der Waals surface area contributed by atoms with E-state index in [0.29, 0.717) is 5.91 Å². The maximum atomic E-state index is 13.1. The van der Waals surface area contributed by atoms with Gasteiger partial charge < -0.3 is 14.4 Å². The number of likely N-dealkylation sites (tertiary alicyclic amines) is 2. The van der Waals surface area contributed by atoms with E-state index in [2.05, 4.69) is 34.1 Å². The van der Waals surface area contributed by atoms with E-state index < -0.39 is 0 Å². The number of rotatable bonds is 5. The predicted octanol–water partition coefficient (Wildman–Crippen LogP) is 4.25. The molecule has 30 heavy (non-hydrogen) atoms. The second kappa shape index (κ2) is 9.69. The smallest absolute Gasteiger partial charge is 0.225 e. The monoisotopic (exact) mass is 414 g/mol. The van der Waals surface area contributed by atoms with Crippen LogP contribution in [0, 0.1) is 5.92 Å². The number of carbonyl (C=O) groups is 1. The van der Waals surface area contributed by atoms with E-state index in [1.165, 1.54) is 24.8 Å². The van der Waals surface area contributed by atoms with Gasteiger partial charge in [0.05, 0.1) is 11.7 Å². The van der Waals surface area contributed by atoms with Gasteiger partial charge in [0.25, 0.3) is 0 Å². The van der Waals surface area contributed by atoms with Crippen molar-refractivity contribution in [3.8, 4) is 5.75 Å². The first-order chi connectivity index (χ1) is 14.5. The first-order valence-corrected chi connectivity index (χ1v) is 11.9. The first-order valence-electron chi connectivity index (χ1n) is 11.9. The highest BCUT2D eigenvalue weighted by atomic mass is 16.5. The summed E-state index contributed by atoms with van der Waals surface area (Å²) in [6.45, 7) is 9.71. The van der Waals surface area contributed by atoms with Gasteiger partial charge in [-0.3, -0.25) is 9.69 Å². The van der Waals surface area contributed by atoms with E-state index in [1.54, 1.807) is 0 Å². The van der Waals surface area contributed by atoms with Crippen molar-refractivity contribution in [3.05, 3.63) is 29.8 Å². The van der Waals surface area contributed by atoms with E-state index in [4.69, 9.17) is 9.47 Å². The molecule has 0 N–H and O–H groups in total. The molecule has 0 atom stereocenters. The van der Waals surface area contributed by atoms with Gasteiger partial charge in [0.15, 0.2) is 0 Å². The Morgan fingerprint density at radius 3 is 2.37 bits per heavy atom. The van der Waals surface area contributed by atoms with Crippen LogP contribution in [0.15, 0.2) is 24.3 Å². The van der Waals surface area contributed by atoms with Gasteiger partial charge in [-0.25, -0.2) is 0 Å². The molecule has 0 radical (unpaired) electrons. The molecule has 1 amide bonds. The maximum absolute atomic E-state index is 13.1. The number of carbonyl (C=O) groups excluding carboxylic acids is 1. The highest BCUT2D eigenvalue weighted by molar-refractivity contribution is 5.79. The molecule has 0 aliphatic carbocycles. The molecule has 3 aliphatic heterocycles. The van der Waals surface area contributed by atoms with Crippen molar-refractivity contribution in [1.29, 1.82) is 0 Å². The molecular weight excluding hydrogens is 376 g/mol. The minimum atomic E-state index is 0.0775. The van der Waals surface area contributed by atoms with Gasteiger partial charge in [0.1, 0.15) is 5.75 Å². The molecule has 1 spiro atoms. The summed E-state index contributed by atoms with van der Waals surface area (Å²) in [6, 6.07) is 8.44. The third-order valence-corrected chi connectivity index (χ3v) is 7.06. The molecule has 3 heterocycles. The Labute approximate surface area is 181 Å². The van der Waals surface area contributed by atoms with Crippen LogP contribution < -0.4 is 4.74 Å². The summed E-state index contributed by atoms with van der Waals surface area (Å²) in [5, 5.41) is 0. The molecule has 0 bridgehead atoms. The Kier molecular flexibility index (Phi) is 6.99. The number of amides is 1. The van der Waals surface area contributed by atoms with E-state index in [-0.39, 0.29) is 17.6 Å². The Morgan fingerprint density at radius 1 is 1.07 bits per heavy atom. The van der Waals surface area contributed by atoms with E-state index in [9.17, 15) is 4.79 Å². The van der Waals surface area contributed by atoms with Crippen LogP contribution in [0.1, 0.15) is 64.4 Å². The standard InChI is InChI=1S/C25H38N2O3/c1-20(2)30-23-7-5-21(6-8-23)19-26-14-9-22(10-15-26)24(28)27-16-12-25(13-17-27)11-3-4-18-29-25/h5-8,20,22H,3-4,9-19H2,1-2H3. The number of ether oxygens (including phenoxy) is 2. The zero-order valence-corrected chi connectivity index (χ0v) is 18.8. The molecule has 5 nitrogen and oxygen atoms in total. The Bertz CT molecular complexity index is 679. The van der Waals surface area contributed by atoms with E-state index in [0.717, 1.165) is 70.8 Å². The fourth-order valence-corrected chi connectivity index (χ4v) is 5.24. The zero-order valence-electron chi connectivity index (χ0n) is 18.8.